The molecule has 0 aliphatic heterocycles. The van der Waals surface area contributed by atoms with Crippen LogP contribution in [0.2, 0.25) is 5.02 Å². The van der Waals surface area contributed by atoms with Crippen LogP contribution in [0.3, 0.4) is 0 Å². The zero-order valence-electron chi connectivity index (χ0n) is 7.94. The SMILES string of the molecule is Cc1cc(Br)c2nc(C)cc(Cl)c2c1. The van der Waals surface area contributed by atoms with Crippen molar-refractivity contribution in [2.75, 3.05) is 0 Å². The van der Waals surface area contributed by atoms with E-state index in [-0.39, 0.29) is 0 Å². The molecule has 1 aromatic heterocycles. The maximum atomic E-state index is 6.15. The van der Waals surface area contributed by atoms with Gasteiger partial charge in [-0.15, -0.1) is 0 Å². The van der Waals surface area contributed by atoms with E-state index in [9.17, 15) is 0 Å². The molecule has 0 spiro atoms. The number of benzene rings is 1. The van der Waals surface area contributed by atoms with Gasteiger partial charge in [0.15, 0.2) is 0 Å². The lowest BCUT2D eigenvalue weighted by Crippen LogP contribution is -1.87. The summed E-state index contributed by atoms with van der Waals surface area (Å²) in [5, 5.41) is 1.76. The minimum Gasteiger partial charge on any atom is -0.252 e. The van der Waals surface area contributed by atoms with Crippen LogP contribution >= 0.6 is 27.5 Å². The summed E-state index contributed by atoms with van der Waals surface area (Å²) in [5.74, 6) is 0. The normalized spacial score (nSPS) is 10.9. The van der Waals surface area contributed by atoms with Crippen LogP contribution in [0.25, 0.3) is 10.9 Å². The van der Waals surface area contributed by atoms with Gasteiger partial charge in [0.1, 0.15) is 0 Å². The Morgan fingerprint density at radius 3 is 2.64 bits per heavy atom. The van der Waals surface area contributed by atoms with E-state index in [0.717, 1.165) is 26.1 Å². The number of aryl methyl sites for hydroxylation is 2. The molecule has 1 heterocycles. The van der Waals surface area contributed by atoms with Crippen LogP contribution in [-0.2, 0) is 0 Å². The van der Waals surface area contributed by atoms with Crippen molar-refractivity contribution in [1.29, 1.82) is 0 Å². The molecule has 2 rings (SSSR count). The smallest absolute Gasteiger partial charge is 0.0862 e. The summed E-state index contributed by atoms with van der Waals surface area (Å²) in [4.78, 5) is 4.45. The molecule has 1 aromatic carbocycles. The minimum absolute atomic E-state index is 0.761. The Kier molecular flexibility index (Phi) is 2.50. The molecule has 0 atom stereocenters. The van der Waals surface area contributed by atoms with Crippen molar-refractivity contribution < 1.29 is 0 Å². The molecule has 0 unspecified atom stereocenters. The number of hydrogen-bond acceptors (Lipinski definition) is 1. The highest BCUT2D eigenvalue weighted by molar-refractivity contribution is 9.10. The average Bonchev–Trinajstić information content (AvgIpc) is 2.07. The molecule has 0 radical (unpaired) electrons. The van der Waals surface area contributed by atoms with E-state index in [1.54, 1.807) is 0 Å². The van der Waals surface area contributed by atoms with Crippen LogP contribution < -0.4 is 0 Å². The zero-order valence-corrected chi connectivity index (χ0v) is 10.3. The van der Waals surface area contributed by atoms with Crippen LogP contribution in [0.1, 0.15) is 11.3 Å². The number of nitrogens with zero attached hydrogens (tertiary/aromatic N) is 1. The molecular weight excluding hydrogens is 261 g/mol. The van der Waals surface area contributed by atoms with Gasteiger partial charge in [0.2, 0.25) is 0 Å². The third-order valence-electron chi connectivity index (χ3n) is 2.09. The average molecular weight is 271 g/mol. The van der Waals surface area contributed by atoms with Gasteiger partial charge in [0.25, 0.3) is 0 Å². The fourth-order valence-electron chi connectivity index (χ4n) is 1.50. The number of fused-ring (bicyclic) bond motifs is 1. The summed E-state index contributed by atoms with van der Waals surface area (Å²) in [6, 6.07) is 5.98. The summed E-state index contributed by atoms with van der Waals surface area (Å²) in [5.41, 5.74) is 3.05. The largest absolute Gasteiger partial charge is 0.252 e. The second kappa shape index (κ2) is 3.52. The number of aromatic nitrogens is 1. The van der Waals surface area contributed by atoms with Gasteiger partial charge >= 0.3 is 0 Å². The Hall–Kier alpha value is -0.600. The topological polar surface area (TPSA) is 12.9 Å². The van der Waals surface area contributed by atoms with E-state index in [1.807, 2.05) is 26.0 Å². The molecule has 3 heteroatoms. The summed E-state index contributed by atoms with van der Waals surface area (Å²) in [6.45, 7) is 3.98. The Balaban J connectivity index is 2.94. The molecule has 0 saturated carbocycles. The van der Waals surface area contributed by atoms with Gasteiger partial charge in [-0.1, -0.05) is 11.6 Å². The molecule has 0 amide bonds. The van der Waals surface area contributed by atoms with Crippen molar-refractivity contribution in [2.24, 2.45) is 0 Å². The molecular formula is C11H9BrClN. The fraction of sp³-hybridized carbons (Fsp3) is 0.182. The van der Waals surface area contributed by atoms with Crippen LogP contribution in [-0.4, -0.2) is 4.98 Å². The highest BCUT2D eigenvalue weighted by Gasteiger charge is 2.05. The summed E-state index contributed by atoms with van der Waals surface area (Å²) in [7, 11) is 0. The number of pyridine rings is 1. The molecule has 0 aliphatic carbocycles. The first-order valence-electron chi connectivity index (χ1n) is 4.31. The molecule has 0 N–H and O–H groups in total. The zero-order chi connectivity index (χ0) is 10.3. The Labute approximate surface area is 96.2 Å². The van der Waals surface area contributed by atoms with Gasteiger partial charge < -0.3 is 0 Å². The van der Waals surface area contributed by atoms with Gasteiger partial charge in [0, 0.05) is 15.6 Å². The lowest BCUT2D eigenvalue weighted by molar-refractivity contribution is 1.25. The van der Waals surface area contributed by atoms with Gasteiger partial charge in [-0.2, -0.15) is 0 Å². The van der Waals surface area contributed by atoms with Gasteiger partial charge in [-0.05, 0) is 53.5 Å². The van der Waals surface area contributed by atoms with Crippen molar-refractivity contribution in [3.8, 4) is 0 Å². The molecule has 1 nitrogen and oxygen atoms in total. The summed E-state index contributed by atoms with van der Waals surface area (Å²) < 4.78 is 0.998. The molecule has 14 heavy (non-hydrogen) atoms. The molecule has 0 aliphatic rings. The first kappa shape index (κ1) is 9.94. The lowest BCUT2D eigenvalue weighted by atomic mass is 10.1. The third kappa shape index (κ3) is 1.64. The van der Waals surface area contributed by atoms with Crippen LogP contribution in [0.5, 0.6) is 0 Å². The maximum Gasteiger partial charge on any atom is 0.0862 e. The standard InChI is InChI=1S/C11H9BrClN/c1-6-3-8-10(13)5-7(2)14-11(8)9(12)4-6/h3-5H,1-2H3. The van der Waals surface area contributed by atoms with Crippen molar-refractivity contribution in [3.63, 3.8) is 0 Å². The lowest BCUT2D eigenvalue weighted by Gasteiger charge is -2.05. The molecule has 72 valence electrons. The number of rotatable bonds is 0. The molecule has 2 aromatic rings. The highest BCUT2D eigenvalue weighted by atomic mass is 79.9. The van der Waals surface area contributed by atoms with Gasteiger partial charge in [-0.25, -0.2) is 0 Å². The predicted molar refractivity (Wildman–Crippen MR) is 63.9 cm³/mol. The monoisotopic (exact) mass is 269 g/mol. The van der Waals surface area contributed by atoms with Crippen molar-refractivity contribution in [2.45, 2.75) is 13.8 Å². The van der Waals surface area contributed by atoms with Crippen molar-refractivity contribution in [3.05, 3.63) is 39.0 Å². The van der Waals surface area contributed by atoms with E-state index in [1.165, 1.54) is 5.56 Å². The van der Waals surface area contributed by atoms with Crippen LogP contribution in [0.15, 0.2) is 22.7 Å². The third-order valence-corrected chi connectivity index (χ3v) is 3.01. The van der Waals surface area contributed by atoms with Crippen LogP contribution in [0.4, 0.5) is 0 Å². The fourth-order valence-corrected chi connectivity index (χ4v) is 2.47. The van der Waals surface area contributed by atoms with Gasteiger partial charge in [-0.3, -0.25) is 4.98 Å². The maximum absolute atomic E-state index is 6.15. The summed E-state index contributed by atoms with van der Waals surface area (Å²) >= 11 is 9.64. The van der Waals surface area contributed by atoms with E-state index in [4.69, 9.17) is 11.6 Å². The second-order valence-electron chi connectivity index (χ2n) is 3.39. The number of halogens is 2. The predicted octanol–water partition coefficient (Wildman–Crippen LogP) is 4.27. The van der Waals surface area contributed by atoms with E-state index in [0.29, 0.717) is 0 Å². The molecule has 0 fully saturated rings. The minimum atomic E-state index is 0.761. The second-order valence-corrected chi connectivity index (χ2v) is 4.65. The molecule has 0 saturated heterocycles. The first-order valence-corrected chi connectivity index (χ1v) is 5.48. The van der Waals surface area contributed by atoms with E-state index in [2.05, 4.69) is 27.0 Å². The van der Waals surface area contributed by atoms with E-state index >= 15 is 0 Å². The van der Waals surface area contributed by atoms with Gasteiger partial charge in [0.05, 0.1) is 10.5 Å². The van der Waals surface area contributed by atoms with Crippen LogP contribution in [0, 0.1) is 13.8 Å². The Morgan fingerprint density at radius 2 is 1.93 bits per heavy atom. The molecule has 0 bridgehead atoms. The van der Waals surface area contributed by atoms with E-state index < -0.39 is 0 Å². The highest BCUT2D eigenvalue weighted by Crippen LogP contribution is 2.29. The Bertz CT molecular complexity index is 461. The Morgan fingerprint density at radius 1 is 1.21 bits per heavy atom. The summed E-state index contributed by atoms with van der Waals surface area (Å²) in [6.07, 6.45) is 0. The quantitative estimate of drug-likeness (QED) is 0.697. The van der Waals surface area contributed by atoms with Crippen molar-refractivity contribution >= 4 is 38.4 Å². The number of hydrogen-bond donors (Lipinski definition) is 0. The first-order chi connectivity index (χ1) is 6.58. The van der Waals surface area contributed by atoms with Crippen molar-refractivity contribution in [1.82, 2.24) is 4.98 Å².